The topological polar surface area (TPSA) is 18.5 Å². The van der Waals surface area contributed by atoms with Crippen LogP contribution in [0.3, 0.4) is 0 Å². The summed E-state index contributed by atoms with van der Waals surface area (Å²) < 4.78 is 12.3. The fourth-order valence-electron chi connectivity index (χ4n) is 2.54. The lowest BCUT2D eigenvalue weighted by molar-refractivity contribution is -0.0259. The van der Waals surface area contributed by atoms with Gasteiger partial charge in [0.2, 0.25) is 0 Å². The maximum absolute atomic E-state index is 6.20. The molecule has 0 radical (unpaired) electrons. The summed E-state index contributed by atoms with van der Waals surface area (Å²) in [7, 11) is 0. The highest BCUT2D eigenvalue weighted by Gasteiger charge is 2.28. The van der Waals surface area contributed by atoms with Crippen molar-refractivity contribution in [1.29, 1.82) is 0 Å². The van der Waals surface area contributed by atoms with Crippen molar-refractivity contribution >= 4 is 5.76 Å². The number of hydrogen-bond donors (Lipinski definition) is 0. The number of rotatable bonds is 2. The van der Waals surface area contributed by atoms with Crippen LogP contribution in [-0.4, -0.2) is 12.2 Å². The van der Waals surface area contributed by atoms with Gasteiger partial charge in [-0.1, -0.05) is 60.2 Å². The summed E-state index contributed by atoms with van der Waals surface area (Å²) in [5.74, 6) is 0.883. The largest absolute Gasteiger partial charge is 0.485 e. The molecule has 2 heteroatoms. The quantitative estimate of drug-likeness (QED) is 0.784. The molecule has 0 spiro atoms. The first-order valence-electron chi connectivity index (χ1n) is 7.68. The molecule has 114 valence electrons. The van der Waals surface area contributed by atoms with Crippen LogP contribution in [0.4, 0.5) is 0 Å². The Kier molecular flexibility index (Phi) is 4.04. The molecule has 0 amide bonds. The van der Waals surface area contributed by atoms with Gasteiger partial charge in [-0.15, -0.1) is 0 Å². The Morgan fingerprint density at radius 2 is 1.64 bits per heavy atom. The second kappa shape index (κ2) is 5.98. The van der Waals surface area contributed by atoms with Gasteiger partial charge < -0.3 is 9.47 Å². The minimum atomic E-state index is -0.346. The second-order valence-corrected chi connectivity index (χ2v) is 6.40. The van der Waals surface area contributed by atoms with Gasteiger partial charge in [-0.05, 0) is 32.4 Å². The molecule has 0 fully saturated rings. The van der Waals surface area contributed by atoms with Gasteiger partial charge in [0.25, 0.3) is 0 Å². The third-order valence-electron chi connectivity index (χ3n) is 3.76. The molecule has 3 rings (SSSR count). The van der Waals surface area contributed by atoms with E-state index < -0.39 is 0 Å². The van der Waals surface area contributed by atoms with E-state index in [1.54, 1.807) is 0 Å². The predicted molar refractivity (Wildman–Crippen MR) is 89.5 cm³/mol. The van der Waals surface area contributed by atoms with E-state index >= 15 is 0 Å². The Balaban J connectivity index is 1.98. The van der Waals surface area contributed by atoms with Gasteiger partial charge in [-0.25, -0.2) is 0 Å². The molecule has 1 aliphatic rings. The normalized spacial score (nSPS) is 20.7. The first kappa shape index (κ1) is 14.9. The average Bonchev–Trinajstić information content (AvgIpc) is 2.67. The van der Waals surface area contributed by atoms with Crippen LogP contribution in [0.25, 0.3) is 5.76 Å². The molecule has 0 saturated heterocycles. The van der Waals surface area contributed by atoms with E-state index in [1.807, 2.05) is 18.2 Å². The average molecular weight is 294 g/mol. The molecule has 2 nitrogen and oxygen atoms in total. The maximum atomic E-state index is 6.20. The molecule has 1 aliphatic heterocycles. The van der Waals surface area contributed by atoms with Gasteiger partial charge in [0, 0.05) is 5.56 Å². The summed E-state index contributed by atoms with van der Waals surface area (Å²) in [5, 5.41) is 0. The van der Waals surface area contributed by atoms with E-state index in [4.69, 9.17) is 9.47 Å². The molecule has 2 aromatic carbocycles. The van der Waals surface area contributed by atoms with E-state index in [0.717, 1.165) is 16.9 Å². The monoisotopic (exact) mass is 294 g/mol. The summed E-state index contributed by atoms with van der Waals surface area (Å²) in [5.41, 5.74) is 3.14. The van der Waals surface area contributed by atoms with Gasteiger partial charge in [0.05, 0.1) is 6.61 Å². The molecule has 22 heavy (non-hydrogen) atoms. The zero-order valence-corrected chi connectivity index (χ0v) is 13.4. The van der Waals surface area contributed by atoms with E-state index in [0.29, 0.717) is 6.61 Å². The summed E-state index contributed by atoms with van der Waals surface area (Å²) in [4.78, 5) is 0. The zero-order chi connectivity index (χ0) is 15.6. The number of ether oxygens (including phenoxy) is 2. The summed E-state index contributed by atoms with van der Waals surface area (Å²) in [6.07, 6.45) is 1.99. The lowest BCUT2D eigenvalue weighted by Crippen LogP contribution is -2.28. The molecule has 2 aromatic rings. The molecule has 0 aromatic heterocycles. The van der Waals surface area contributed by atoms with Crippen LogP contribution >= 0.6 is 0 Å². The predicted octanol–water partition coefficient (Wildman–Crippen LogP) is 4.90. The van der Waals surface area contributed by atoms with Crippen molar-refractivity contribution < 1.29 is 9.47 Å². The lowest BCUT2D eigenvalue weighted by atomic mass is 10.0. The van der Waals surface area contributed by atoms with Crippen LogP contribution in [-0.2, 0) is 9.47 Å². The van der Waals surface area contributed by atoms with Gasteiger partial charge in [-0.3, -0.25) is 0 Å². The number of aryl methyl sites for hydroxylation is 1. The highest BCUT2D eigenvalue weighted by atomic mass is 16.6. The van der Waals surface area contributed by atoms with E-state index in [9.17, 15) is 0 Å². The highest BCUT2D eigenvalue weighted by molar-refractivity contribution is 5.61. The minimum absolute atomic E-state index is 0.0856. The molecule has 1 heterocycles. The smallest absolute Gasteiger partial charge is 0.127 e. The second-order valence-electron chi connectivity index (χ2n) is 6.40. The third-order valence-corrected chi connectivity index (χ3v) is 3.76. The SMILES string of the molecule is Cc1ccc(C2C=C(c3ccccc3)OC(C)(C)CO2)cc1. The van der Waals surface area contributed by atoms with Crippen molar-refractivity contribution in [2.45, 2.75) is 32.5 Å². The maximum Gasteiger partial charge on any atom is 0.127 e. The van der Waals surface area contributed by atoms with Gasteiger partial charge >= 0.3 is 0 Å². The molecule has 1 atom stereocenters. The number of hydrogen-bond acceptors (Lipinski definition) is 2. The van der Waals surface area contributed by atoms with Crippen LogP contribution in [0.1, 0.15) is 36.6 Å². The van der Waals surface area contributed by atoms with Crippen LogP contribution in [0.2, 0.25) is 0 Å². The molecule has 0 N–H and O–H groups in total. The molecule has 1 unspecified atom stereocenters. The summed E-state index contributed by atoms with van der Waals surface area (Å²) in [6.45, 7) is 6.76. The van der Waals surface area contributed by atoms with E-state index in [-0.39, 0.29) is 11.7 Å². The van der Waals surface area contributed by atoms with Gasteiger partial charge in [-0.2, -0.15) is 0 Å². The Morgan fingerprint density at radius 1 is 0.955 bits per heavy atom. The van der Waals surface area contributed by atoms with Gasteiger partial charge in [0.15, 0.2) is 0 Å². The lowest BCUT2D eigenvalue weighted by Gasteiger charge is -2.25. The third kappa shape index (κ3) is 3.40. The first-order chi connectivity index (χ1) is 10.5. The molecule has 0 aliphatic carbocycles. The standard InChI is InChI=1S/C20H22O2/c1-15-9-11-17(12-10-15)18-13-19(16-7-5-4-6-8-16)22-20(2,3)14-21-18/h4-13,18H,14H2,1-3H3. The number of benzene rings is 2. The van der Waals surface area contributed by atoms with Crippen molar-refractivity contribution in [3.8, 4) is 0 Å². The molecule has 0 saturated carbocycles. The Labute approximate surface area is 132 Å². The van der Waals surface area contributed by atoms with Crippen LogP contribution in [0, 0.1) is 6.92 Å². The van der Waals surface area contributed by atoms with Crippen molar-refractivity contribution in [1.82, 2.24) is 0 Å². The van der Waals surface area contributed by atoms with Crippen LogP contribution in [0.5, 0.6) is 0 Å². The zero-order valence-electron chi connectivity index (χ0n) is 13.4. The van der Waals surface area contributed by atoms with Crippen LogP contribution in [0.15, 0.2) is 60.7 Å². The molecular formula is C20H22O2. The highest BCUT2D eigenvalue weighted by Crippen LogP contribution is 2.33. The molecule has 0 bridgehead atoms. The molecular weight excluding hydrogens is 272 g/mol. The fraction of sp³-hybridized carbons (Fsp3) is 0.300. The van der Waals surface area contributed by atoms with Gasteiger partial charge in [0.1, 0.15) is 17.5 Å². The van der Waals surface area contributed by atoms with Crippen molar-refractivity contribution in [2.75, 3.05) is 6.61 Å². The first-order valence-corrected chi connectivity index (χ1v) is 7.68. The Bertz CT molecular complexity index is 654. The van der Waals surface area contributed by atoms with Crippen molar-refractivity contribution in [3.05, 3.63) is 77.4 Å². The Hall–Kier alpha value is -2.06. The van der Waals surface area contributed by atoms with Crippen molar-refractivity contribution in [3.63, 3.8) is 0 Å². The van der Waals surface area contributed by atoms with E-state index in [2.05, 4.69) is 63.2 Å². The van der Waals surface area contributed by atoms with Crippen LogP contribution < -0.4 is 0 Å². The fourth-order valence-corrected chi connectivity index (χ4v) is 2.54. The van der Waals surface area contributed by atoms with Crippen molar-refractivity contribution in [2.24, 2.45) is 0 Å². The minimum Gasteiger partial charge on any atom is -0.485 e. The Morgan fingerprint density at radius 3 is 2.32 bits per heavy atom. The summed E-state index contributed by atoms with van der Waals surface area (Å²) >= 11 is 0. The van der Waals surface area contributed by atoms with E-state index in [1.165, 1.54) is 5.56 Å². The summed E-state index contributed by atoms with van der Waals surface area (Å²) in [6, 6.07) is 18.7.